The molecule has 0 atom stereocenters. The molecule has 2 aromatic carbocycles. The van der Waals surface area contributed by atoms with Crippen molar-refractivity contribution in [2.75, 3.05) is 0 Å². The first-order valence-electron chi connectivity index (χ1n) is 12.8. The third kappa shape index (κ3) is 6.76. The van der Waals surface area contributed by atoms with Crippen LogP contribution in [-0.4, -0.2) is 46.7 Å². The van der Waals surface area contributed by atoms with Gasteiger partial charge in [0.05, 0.1) is 10.7 Å². The Kier molecular flexibility index (Phi) is 8.74. The van der Waals surface area contributed by atoms with Crippen LogP contribution in [0.3, 0.4) is 0 Å². The van der Waals surface area contributed by atoms with Gasteiger partial charge in [-0.3, -0.25) is 9.59 Å². The average Bonchev–Trinajstić information content (AvgIpc) is 3.62. The molecule has 0 aliphatic rings. The zero-order chi connectivity index (χ0) is 31.6. The normalized spacial score (nSPS) is 11.5. The molecule has 0 bridgehead atoms. The monoisotopic (exact) mass is 646 g/mol. The fraction of sp³-hybridized carbons (Fsp3) is 0.179. The van der Waals surface area contributed by atoms with Crippen LogP contribution >= 0.6 is 23.2 Å². The largest absolute Gasteiger partial charge is 0.455 e. The maximum absolute atomic E-state index is 14.1. The lowest BCUT2D eigenvalue weighted by Crippen LogP contribution is -2.25. The number of hydrogen-bond donors (Lipinski definition) is 1. The maximum atomic E-state index is 14.1. The molecule has 5 rings (SSSR count). The summed E-state index contributed by atoms with van der Waals surface area (Å²) in [7, 11) is 0. The van der Waals surface area contributed by atoms with Crippen LogP contribution in [0.15, 0.2) is 60.8 Å². The number of alkyl halides is 3. The van der Waals surface area contributed by atoms with Crippen molar-refractivity contribution in [1.29, 1.82) is 0 Å². The topological polar surface area (TPSA) is 120 Å². The quantitative estimate of drug-likeness (QED) is 0.167. The zero-order valence-corrected chi connectivity index (χ0v) is 24.1. The number of nitrogens with zero attached hydrogens (tertiary/aromatic N) is 7. The van der Waals surface area contributed by atoms with Gasteiger partial charge in [-0.1, -0.05) is 41.4 Å². The van der Waals surface area contributed by atoms with Crippen molar-refractivity contribution in [2.45, 2.75) is 32.6 Å². The number of aromatic nitrogens is 7. The van der Waals surface area contributed by atoms with Gasteiger partial charge in [-0.2, -0.15) is 23.1 Å². The Morgan fingerprint density at radius 2 is 1.80 bits per heavy atom. The lowest BCUT2D eigenvalue weighted by molar-refractivity contribution is -0.145. The van der Waals surface area contributed by atoms with E-state index < -0.39 is 29.5 Å². The van der Waals surface area contributed by atoms with Crippen molar-refractivity contribution in [3.63, 3.8) is 0 Å². The van der Waals surface area contributed by atoms with Crippen LogP contribution < -0.4 is 5.32 Å². The van der Waals surface area contributed by atoms with Crippen LogP contribution in [0.4, 0.5) is 17.6 Å². The van der Waals surface area contributed by atoms with E-state index in [2.05, 4.69) is 30.8 Å². The Morgan fingerprint density at radius 3 is 2.50 bits per heavy atom. The Morgan fingerprint density at radius 1 is 1.02 bits per heavy atom. The molecular weight excluding hydrogens is 627 g/mol. The van der Waals surface area contributed by atoms with Crippen LogP contribution in [0, 0.1) is 12.7 Å². The van der Waals surface area contributed by atoms with Crippen molar-refractivity contribution in [2.24, 2.45) is 0 Å². The first-order chi connectivity index (χ1) is 20.9. The lowest BCUT2D eigenvalue weighted by atomic mass is 9.95. The van der Waals surface area contributed by atoms with Gasteiger partial charge in [-0.15, -0.1) is 10.2 Å². The van der Waals surface area contributed by atoms with Crippen molar-refractivity contribution >= 4 is 34.9 Å². The number of rotatable bonds is 9. The van der Waals surface area contributed by atoms with E-state index in [4.69, 9.17) is 23.2 Å². The van der Waals surface area contributed by atoms with Crippen LogP contribution in [0.25, 0.3) is 5.82 Å². The van der Waals surface area contributed by atoms with Gasteiger partial charge in [-0.25, -0.2) is 14.1 Å². The summed E-state index contributed by atoms with van der Waals surface area (Å²) in [5.74, 6) is -2.94. The number of amides is 1. The standard InChI is InChI=1S/C28H20Cl2F4N8O2/c1-15-9-17(29)10-20(26(44)36-13-16-5-2-3-7-22(16)31)19(15)12-24(43)23-11-18(14-41-39-27(37-40-41)28(32,33)34)38-42(23)25-21(30)6-4-8-35-25/h2-11H,12-14H2,1H3,(H,36,44). The van der Waals surface area contributed by atoms with E-state index in [0.717, 1.165) is 4.68 Å². The highest BCUT2D eigenvalue weighted by Crippen LogP contribution is 2.27. The summed E-state index contributed by atoms with van der Waals surface area (Å²) in [6.45, 7) is 1.21. The van der Waals surface area contributed by atoms with E-state index >= 15 is 0 Å². The summed E-state index contributed by atoms with van der Waals surface area (Å²) >= 11 is 12.6. The minimum atomic E-state index is -4.80. The Balaban J connectivity index is 1.47. The minimum Gasteiger partial charge on any atom is -0.348 e. The van der Waals surface area contributed by atoms with Gasteiger partial charge in [0.25, 0.3) is 11.7 Å². The van der Waals surface area contributed by atoms with Crippen LogP contribution in [0.1, 0.15) is 49.1 Å². The van der Waals surface area contributed by atoms with E-state index in [0.29, 0.717) is 15.9 Å². The van der Waals surface area contributed by atoms with Crippen LogP contribution in [0.2, 0.25) is 10.0 Å². The smallest absolute Gasteiger partial charge is 0.348 e. The molecule has 0 spiro atoms. The Labute approximate surface area is 256 Å². The number of halogens is 6. The van der Waals surface area contributed by atoms with Crippen molar-refractivity contribution in [1.82, 2.24) is 40.3 Å². The summed E-state index contributed by atoms with van der Waals surface area (Å²) in [6, 6.07) is 13.4. The van der Waals surface area contributed by atoms with Gasteiger partial charge in [0.1, 0.15) is 18.1 Å². The van der Waals surface area contributed by atoms with Crippen molar-refractivity contribution < 1.29 is 27.2 Å². The number of carbonyl (C=O) groups excluding carboxylic acids is 2. The molecule has 0 aliphatic carbocycles. The second-order valence-corrected chi connectivity index (χ2v) is 10.3. The average molecular weight is 647 g/mol. The number of carbonyl (C=O) groups is 2. The number of benzene rings is 2. The summed E-state index contributed by atoms with van der Waals surface area (Å²) in [6.07, 6.45) is -3.68. The third-order valence-corrected chi connectivity index (χ3v) is 6.93. The molecule has 3 aromatic heterocycles. The van der Waals surface area contributed by atoms with Gasteiger partial charge in [0, 0.05) is 35.3 Å². The van der Waals surface area contributed by atoms with Crippen LogP contribution in [0.5, 0.6) is 0 Å². The highest BCUT2D eigenvalue weighted by Gasteiger charge is 2.37. The third-order valence-electron chi connectivity index (χ3n) is 6.41. The van der Waals surface area contributed by atoms with Gasteiger partial charge in [0.15, 0.2) is 11.6 Å². The molecule has 3 heterocycles. The number of tetrazole rings is 1. The van der Waals surface area contributed by atoms with Gasteiger partial charge >= 0.3 is 6.18 Å². The summed E-state index contributed by atoms with van der Waals surface area (Å²) < 4.78 is 54.2. The number of nitrogens with one attached hydrogen (secondary N) is 1. The molecule has 1 amide bonds. The summed E-state index contributed by atoms with van der Waals surface area (Å²) in [4.78, 5) is 31.9. The highest BCUT2D eigenvalue weighted by molar-refractivity contribution is 6.32. The summed E-state index contributed by atoms with van der Waals surface area (Å²) in [5.41, 5.74) is 1.34. The summed E-state index contributed by atoms with van der Waals surface area (Å²) in [5, 5.41) is 17.1. The van der Waals surface area contributed by atoms with Gasteiger partial charge < -0.3 is 5.32 Å². The minimum absolute atomic E-state index is 0.0242. The molecule has 5 aromatic rings. The first kappa shape index (κ1) is 30.8. The Hall–Kier alpha value is -4.69. The van der Waals surface area contributed by atoms with E-state index in [9.17, 15) is 27.2 Å². The Bertz CT molecular complexity index is 1870. The number of Topliss-reactive ketones (excluding diaryl/α,β-unsaturated/α-hetero) is 1. The molecule has 16 heteroatoms. The molecule has 0 unspecified atom stereocenters. The number of ketones is 1. The molecule has 0 radical (unpaired) electrons. The SMILES string of the molecule is Cc1cc(Cl)cc(C(=O)NCc2ccccc2F)c1CC(=O)c1cc(Cn2nnc(C(F)(F)F)n2)nn1-c1ncccc1Cl. The van der Waals surface area contributed by atoms with Crippen molar-refractivity contribution in [3.8, 4) is 5.82 Å². The molecule has 0 saturated heterocycles. The predicted octanol–water partition coefficient (Wildman–Crippen LogP) is 5.43. The zero-order valence-electron chi connectivity index (χ0n) is 22.6. The maximum Gasteiger partial charge on any atom is 0.455 e. The van der Waals surface area contributed by atoms with Gasteiger partial charge in [-0.05, 0) is 59.7 Å². The lowest BCUT2D eigenvalue weighted by Gasteiger charge is -2.14. The molecule has 0 fully saturated rings. The predicted molar refractivity (Wildman–Crippen MR) is 150 cm³/mol. The molecule has 10 nitrogen and oxygen atoms in total. The van der Waals surface area contributed by atoms with E-state index in [1.807, 2.05) is 0 Å². The fourth-order valence-electron chi connectivity index (χ4n) is 4.34. The molecular formula is C28H20Cl2F4N8O2. The fourth-order valence-corrected chi connectivity index (χ4v) is 4.82. The van der Waals surface area contributed by atoms with E-state index in [1.54, 1.807) is 25.1 Å². The number of aryl methyl sites for hydroxylation is 1. The second kappa shape index (κ2) is 12.5. The van der Waals surface area contributed by atoms with Gasteiger partial charge in [0.2, 0.25) is 0 Å². The van der Waals surface area contributed by atoms with Crippen molar-refractivity contribution in [3.05, 3.63) is 116 Å². The van der Waals surface area contributed by atoms with Crippen LogP contribution in [-0.2, 0) is 25.7 Å². The van der Waals surface area contributed by atoms with E-state index in [1.165, 1.54) is 42.6 Å². The van der Waals surface area contributed by atoms with E-state index in [-0.39, 0.29) is 57.9 Å². The molecule has 226 valence electrons. The highest BCUT2D eigenvalue weighted by atomic mass is 35.5. The number of hydrogen-bond acceptors (Lipinski definition) is 7. The molecule has 0 aliphatic heterocycles. The molecule has 1 N–H and O–H groups in total. The molecule has 0 saturated carbocycles. The second-order valence-electron chi connectivity index (χ2n) is 9.51. The first-order valence-corrected chi connectivity index (χ1v) is 13.5. The molecule has 44 heavy (non-hydrogen) atoms. The number of pyridine rings is 1.